The lowest BCUT2D eigenvalue weighted by atomic mass is 10.1. The van der Waals surface area contributed by atoms with Gasteiger partial charge in [-0.25, -0.2) is 0 Å². The van der Waals surface area contributed by atoms with Crippen molar-refractivity contribution in [3.63, 3.8) is 0 Å². The summed E-state index contributed by atoms with van der Waals surface area (Å²) < 4.78 is 10.4. The Hall–Kier alpha value is -1.06. The van der Waals surface area contributed by atoms with Crippen LogP contribution in [0.15, 0.2) is 18.2 Å². The number of hydrogen-bond donors (Lipinski definition) is 1. The molecule has 0 radical (unpaired) electrons. The van der Waals surface area contributed by atoms with E-state index in [1.165, 1.54) is 16.8 Å². The molecule has 0 aromatic heterocycles. The van der Waals surface area contributed by atoms with Crippen LogP contribution in [0.2, 0.25) is 0 Å². The smallest absolute Gasteiger partial charge is 0.0639 e. The van der Waals surface area contributed by atoms with Crippen molar-refractivity contribution in [3.8, 4) is 0 Å². The monoisotopic (exact) mass is 237 g/mol. The Kier molecular flexibility index (Phi) is 6.67. The minimum absolute atomic E-state index is 0.733. The highest BCUT2D eigenvalue weighted by Crippen LogP contribution is 2.15. The first kappa shape index (κ1) is 14.0. The summed E-state index contributed by atoms with van der Waals surface area (Å²) in [6.45, 7) is 7.34. The van der Waals surface area contributed by atoms with Crippen molar-refractivity contribution in [1.82, 2.24) is 0 Å². The molecule has 0 aliphatic rings. The van der Waals surface area contributed by atoms with Crippen LogP contribution in [0.5, 0.6) is 0 Å². The second-order valence-electron chi connectivity index (χ2n) is 4.20. The fourth-order valence-corrected chi connectivity index (χ4v) is 1.68. The van der Waals surface area contributed by atoms with Crippen molar-refractivity contribution in [2.45, 2.75) is 20.3 Å². The van der Waals surface area contributed by atoms with Crippen molar-refractivity contribution in [1.29, 1.82) is 0 Å². The number of anilines is 1. The van der Waals surface area contributed by atoms with E-state index in [4.69, 9.17) is 9.47 Å². The number of benzene rings is 1. The van der Waals surface area contributed by atoms with Crippen LogP contribution in [-0.2, 0) is 9.47 Å². The Balaban J connectivity index is 2.14. The zero-order valence-electron chi connectivity index (χ0n) is 11.1. The van der Waals surface area contributed by atoms with Crippen molar-refractivity contribution in [2.75, 3.05) is 38.8 Å². The van der Waals surface area contributed by atoms with Gasteiger partial charge in [-0.05, 0) is 31.9 Å². The van der Waals surface area contributed by atoms with Gasteiger partial charge in [0.2, 0.25) is 0 Å². The summed E-state index contributed by atoms with van der Waals surface area (Å²) in [6.07, 6.45) is 0.958. The average molecular weight is 237 g/mol. The summed E-state index contributed by atoms with van der Waals surface area (Å²) in [5, 5.41) is 3.37. The molecule has 1 aromatic carbocycles. The van der Waals surface area contributed by atoms with E-state index in [0.717, 1.165) is 32.8 Å². The van der Waals surface area contributed by atoms with Crippen molar-refractivity contribution in [2.24, 2.45) is 0 Å². The van der Waals surface area contributed by atoms with Gasteiger partial charge in [-0.15, -0.1) is 0 Å². The molecule has 0 bridgehead atoms. The fourth-order valence-electron chi connectivity index (χ4n) is 1.68. The van der Waals surface area contributed by atoms with Crippen LogP contribution in [0, 0.1) is 13.8 Å². The Labute approximate surface area is 104 Å². The Morgan fingerprint density at radius 2 is 1.94 bits per heavy atom. The van der Waals surface area contributed by atoms with E-state index in [0.29, 0.717) is 0 Å². The van der Waals surface area contributed by atoms with Crippen LogP contribution in [0.25, 0.3) is 0 Å². The molecule has 0 atom stereocenters. The summed E-state index contributed by atoms with van der Waals surface area (Å²) >= 11 is 0. The first-order valence-electron chi connectivity index (χ1n) is 6.12. The molecule has 1 N–H and O–H groups in total. The van der Waals surface area contributed by atoms with Gasteiger partial charge in [0.1, 0.15) is 0 Å². The lowest BCUT2D eigenvalue weighted by molar-refractivity contribution is 0.109. The van der Waals surface area contributed by atoms with Gasteiger partial charge in [-0.3, -0.25) is 0 Å². The quantitative estimate of drug-likeness (QED) is 0.705. The van der Waals surface area contributed by atoms with E-state index in [1.807, 2.05) is 0 Å². The molecule has 0 saturated heterocycles. The first-order valence-corrected chi connectivity index (χ1v) is 6.12. The first-order chi connectivity index (χ1) is 8.24. The molecular weight excluding hydrogens is 214 g/mol. The molecule has 17 heavy (non-hydrogen) atoms. The largest absolute Gasteiger partial charge is 0.385 e. The van der Waals surface area contributed by atoms with E-state index < -0.39 is 0 Å². The molecule has 1 aromatic rings. The third-order valence-corrected chi connectivity index (χ3v) is 2.58. The van der Waals surface area contributed by atoms with Gasteiger partial charge in [0.05, 0.1) is 6.61 Å². The van der Waals surface area contributed by atoms with Gasteiger partial charge >= 0.3 is 0 Å². The van der Waals surface area contributed by atoms with Gasteiger partial charge in [-0.2, -0.15) is 0 Å². The Bertz CT molecular complexity index is 326. The highest BCUT2D eigenvalue weighted by atomic mass is 16.5. The van der Waals surface area contributed by atoms with Gasteiger partial charge < -0.3 is 14.8 Å². The number of nitrogens with one attached hydrogen (secondary N) is 1. The van der Waals surface area contributed by atoms with E-state index in [2.05, 4.69) is 37.4 Å². The number of aryl methyl sites for hydroxylation is 2. The number of ether oxygens (including phenoxy) is 2. The van der Waals surface area contributed by atoms with Crippen molar-refractivity contribution >= 4 is 5.69 Å². The predicted octanol–water partition coefficient (Wildman–Crippen LogP) is 2.77. The van der Waals surface area contributed by atoms with Crippen LogP contribution in [0.1, 0.15) is 17.5 Å². The van der Waals surface area contributed by atoms with Crippen molar-refractivity contribution in [3.05, 3.63) is 29.3 Å². The van der Waals surface area contributed by atoms with Crippen LogP contribution in [-0.4, -0.2) is 33.5 Å². The van der Waals surface area contributed by atoms with Crippen molar-refractivity contribution < 1.29 is 9.47 Å². The van der Waals surface area contributed by atoms with Gasteiger partial charge in [-0.1, -0.05) is 17.7 Å². The lowest BCUT2D eigenvalue weighted by Crippen LogP contribution is -2.11. The molecule has 3 nitrogen and oxygen atoms in total. The summed E-state index contributed by atoms with van der Waals surface area (Å²) in [4.78, 5) is 0. The van der Waals surface area contributed by atoms with Crippen LogP contribution in [0.4, 0.5) is 5.69 Å². The average Bonchev–Trinajstić information content (AvgIpc) is 2.30. The Morgan fingerprint density at radius 1 is 1.12 bits per heavy atom. The van der Waals surface area contributed by atoms with Crippen LogP contribution < -0.4 is 5.32 Å². The third kappa shape index (κ3) is 5.71. The number of rotatable bonds is 8. The lowest BCUT2D eigenvalue weighted by Gasteiger charge is -2.10. The molecule has 0 saturated carbocycles. The van der Waals surface area contributed by atoms with E-state index in [-0.39, 0.29) is 0 Å². The summed E-state index contributed by atoms with van der Waals surface area (Å²) in [7, 11) is 1.71. The molecule has 3 heteroatoms. The topological polar surface area (TPSA) is 30.5 Å². The van der Waals surface area contributed by atoms with E-state index in [1.54, 1.807) is 7.11 Å². The number of methoxy groups -OCH3 is 1. The summed E-state index contributed by atoms with van der Waals surface area (Å²) in [6, 6.07) is 6.42. The maximum Gasteiger partial charge on any atom is 0.0639 e. The zero-order chi connectivity index (χ0) is 12.5. The fraction of sp³-hybridized carbons (Fsp3) is 0.571. The summed E-state index contributed by atoms with van der Waals surface area (Å²) in [5.74, 6) is 0. The molecular formula is C14H23NO2. The minimum atomic E-state index is 0.733. The Morgan fingerprint density at radius 3 is 2.65 bits per heavy atom. The van der Waals surface area contributed by atoms with E-state index >= 15 is 0 Å². The molecule has 0 aliphatic heterocycles. The highest BCUT2D eigenvalue weighted by Gasteiger charge is 1.97. The molecule has 0 heterocycles. The second-order valence-corrected chi connectivity index (χ2v) is 4.20. The van der Waals surface area contributed by atoms with E-state index in [9.17, 15) is 0 Å². The molecule has 0 unspecified atom stereocenters. The predicted molar refractivity (Wildman–Crippen MR) is 71.7 cm³/mol. The summed E-state index contributed by atoms with van der Waals surface area (Å²) in [5.41, 5.74) is 3.77. The third-order valence-electron chi connectivity index (χ3n) is 2.58. The molecule has 0 amide bonds. The normalized spacial score (nSPS) is 10.5. The molecule has 0 fully saturated rings. The SMILES string of the molecule is COCCCOCCNc1ccc(C)cc1C. The van der Waals surface area contributed by atoms with Gasteiger partial charge in [0.15, 0.2) is 0 Å². The highest BCUT2D eigenvalue weighted by molar-refractivity contribution is 5.51. The molecule has 96 valence electrons. The maximum absolute atomic E-state index is 5.48. The zero-order valence-corrected chi connectivity index (χ0v) is 11.1. The molecule has 0 aliphatic carbocycles. The van der Waals surface area contributed by atoms with Gasteiger partial charge in [0.25, 0.3) is 0 Å². The number of hydrogen-bond acceptors (Lipinski definition) is 3. The molecule has 1 rings (SSSR count). The molecule has 0 spiro atoms. The minimum Gasteiger partial charge on any atom is -0.385 e. The van der Waals surface area contributed by atoms with Crippen LogP contribution in [0.3, 0.4) is 0 Å². The standard InChI is InChI=1S/C14H23NO2/c1-12-5-6-14(13(2)11-12)15-7-10-17-9-4-8-16-3/h5-6,11,15H,4,7-10H2,1-3H3. The second kappa shape index (κ2) is 8.09. The van der Waals surface area contributed by atoms with Gasteiger partial charge in [0, 0.05) is 32.6 Å². The maximum atomic E-state index is 5.48. The van der Waals surface area contributed by atoms with Crippen LogP contribution >= 0.6 is 0 Å².